The number of fused-ring (bicyclic) bond motifs is 2. The van der Waals surface area contributed by atoms with Crippen LogP contribution in [0.3, 0.4) is 0 Å². The van der Waals surface area contributed by atoms with Crippen LogP contribution < -0.4 is 0 Å². The van der Waals surface area contributed by atoms with Crippen LogP contribution >= 0.6 is 0 Å². The first-order chi connectivity index (χ1) is 12.9. The van der Waals surface area contributed by atoms with Gasteiger partial charge in [0.1, 0.15) is 0 Å². The Bertz CT molecular complexity index is 844. The van der Waals surface area contributed by atoms with Gasteiger partial charge in [-0.05, 0) is 47.7 Å². The maximum Gasteiger partial charge on any atom is 0.416 e. The summed E-state index contributed by atoms with van der Waals surface area (Å²) in [6, 6.07) is 14.8. The van der Waals surface area contributed by atoms with E-state index in [2.05, 4.69) is 23.1 Å². The zero-order valence-corrected chi connectivity index (χ0v) is 15.2. The number of alkyl halides is 3. The van der Waals surface area contributed by atoms with Crippen LogP contribution in [0.5, 0.6) is 0 Å². The molecule has 0 saturated carbocycles. The van der Waals surface area contributed by atoms with Gasteiger partial charge in [-0.15, -0.1) is 0 Å². The van der Waals surface area contributed by atoms with E-state index in [4.69, 9.17) is 4.74 Å². The summed E-state index contributed by atoms with van der Waals surface area (Å²) in [6.45, 7) is 3.89. The van der Waals surface area contributed by atoms with Gasteiger partial charge in [0.05, 0.1) is 24.8 Å². The molecular weight excluding hydrogens is 351 g/mol. The number of hydrogen-bond donors (Lipinski definition) is 0. The Hall–Kier alpha value is -2.11. The zero-order valence-electron chi connectivity index (χ0n) is 15.2. The van der Waals surface area contributed by atoms with E-state index in [0.29, 0.717) is 18.8 Å². The van der Waals surface area contributed by atoms with E-state index in [1.54, 1.807) is 13.0 Å². The molecule has 2 heterocycles. The second-order valence-electron chi connectivity index (χ2n) is 7.34. The molecule has 1 saturated heterocycles. The molecule has 2 unspecified atom stereocenters. The third-order valence-corrected chi connectivity index (χ3v) is 5.45. The molecule has 1 fully saturated rings. The summed E-state index contributed by atoms with van der Waals surface area (Å²) in [7, 11) is 0. The Balaban J connectivity index is 1.61. The molecule has 0 N–H and O–H groups in total. The van der Waals surface area contributed by atoms with Crippen molar-refractivity contribution in [2.75, 3.05) is 13.2 Å². The normalized spacial score (nSPS) is 23.2. The number of morpholine rings is 1. The maximum absolute atomic E-state index is 13.0. The molecule has 0 aromatic heterocycles. The van der Waals surface area contributed by atoms with Crippen molar-refractivity contribution in [3.63, 3.8) is 0 Å². The van der Waals surface area contributed by atoms with Gasteiger partial charge < -0.3 is 4.74 Å². The van der Waals surface area contributed by atoms with Gasteiger partial charge in [-0.2, -0.15) is 13.2 Å². The fourth-order valence-corrected chi connectivity index (χ4v) is 4.10. The summed E-state index contributed by atoms with van der Waals surface area (Å²) in [5.41, 5.74) is 3.39. The molecule has 2 aromatic carbocycles. The lowest BCUT2D eigenvalue weighted by Gasteiger charge is -2.45. The first kappa shape index (κ1) is 18.3. The molecule has 0 amide bonds. The molecule has 0 radical (unpaired) electrons. The number of hydrogen-bond acceptors (Lipinski definition) is 2. The smallest absolute Gasteiger partial charge is 0.378 e. The third-order valence-electron chi connectivity index (χ3n) is 5.45. The van der Waals surface area contributed by atoms with Gasteiger partial charge in [0.25, 0.3) is 0 Å². The molecular formula is C22H22F3NO. The van der Waals surface area contributed by atoms with Crippen LogP contribution in [-0.4, -0.2) is 30.2 Å². The van der Waals surface area contributed by atoms with E-state index in [-0.39, 0.29) is 12.1 Å². The van der Waals surface area contributed by atoms with Crippen LogP contribution in [-0.2, 0) is 17.5 Å². The monoisotopic (exact) mass is 373 g/mol. The number of nitrogens with zero attached hydrogens (tertiary/aromatic N) is 1. The highest BCUT2D eigenvalue weighted by Gasteiger charge is 2.36. The SMILES string of the molecule is Cc1cc(C(F)(F)F)ccc1C1=CC2COCC(C1)N2Cc1ccccc1. The van der Waals surface area contributed by atoms with Gasteiger partial charge >= 0.3 is 6.18 Å². The largest absolute Gasteiger partial charge is 0.416 e. The summed E-state index contributed by atoms with van der Waals surface area (Å²) in [5.74, 6) is 0. The van der Waals surface area contributed by atoms with E-state index in [1.807, 2.05) is 18.2 Å². The van der Waals surface area contributed by atoms with Crippen molar-refractivity contribution in [2.45, 2.75) is 38.1 Å². The highest BCUT2D eigenvalue weighted by molar-refractivity contribution is 5.70. The molecule has 2 atom stereocenters. The second kappa shape index (κ2) is 7.13. The zero-order chi connectivity index (χ0) is 19.0. The van der Waals surface area contributed by atoms with Crippen molar-refractivity contribution >= 4 is 5.57 Å². The number of rotatable bonds is 3. The van der Waals surface area contributed by atoms with E-state index < -0.39 is 11.7 Å². The van der Waals surface area contributed by atoms with Gasteiger partial charge in [0.2, 0.25) is 0 Å². The van der Waals surface area contributed by atoms with Gasteiger partial charge in [0, 0.05) is 12.6 Å². The fourth-order valence-electron chi connectivity index (χ4n) is 4.10. The maximum atomic E-state index is 13.0. The highest BCUT2D eigenvalue weighted by Crippen LogP contribution is 2.37. The van der Waals surface area contributed by atoms with Crippen molar-refractivity contribution < 1.29 is 17.9 Å². The van der Waals surface area contributed by atoms with E-state index in [9.17, 15) is 13.2 Å². The highest BCUT2D eigenvalue weighted by atomic mass is 19.4. The Morgan fingerprint density at radius 3 is 2.52 bits per heavy atom. The van der Waals surface area contributed by atoms with Crippen LogP contribution in [0.15, 0.2) is 54.6 Å². The third kappa shape index (κ3) is 3.80. The lowest BCUT2D eigenvalue weighted by atomic mass is 9.87. The molecule has 2 aromatic rings. The predicted octanol–water partition coefficient (Wildman–Crippen LogP) is 5.07. The van der Waals surface area contributed by atoms with Crippen molar-refractivity contribution in [1.82, 2.24) is 4.90 Å². The Morgan fingerprint density at radius 1 is 1.07 bits per heavy atom. The molecule has 0 aliphatic carbocycles. The second-order valence-corrected chi connectivity index (χ2v) is 7.34. The molecule has 4 rings (SSSR count). The molecule has 2 nitrogen and oxygen atoms in total. The summed E-state index contributed by atoms with van der Waals surface area (Å²) < 4.78 is 44.6. The average Bonchev–Trinajstić information content (AvgIpc) is 2.61. The first-order valence-electron chi connectivity index (χ1n) is 9.18. The van der Waals surface area contributed by atoms with Crippen LogP contribution in [0.4, 0.5) is 13.2 Å². The first-order valence-corrected chi connectivity index (χ1v) is 9.18. The van der Waals surface area contributed by atoms with E-state index in [1.165, 1.54) is 17.7 Å². The number of halogens is 3. The van der Waals surface area contributed by atoms with Crippen LogP contribution in [0.2, 0.25) is 0 Å². The van der Waals surface area contributed by atoms with Crippen molar-refractivity contribution in [2.24, 2.45) is 0 Å². The van der Waals surface area contributed by atoms with Gasteiger partial charge in [-0.25, -0.2) is 0 Å². The number of benzene rings is 2. The minimum atomic E-state index is -4.30. The quantitative estimate of drug-likeness (QED) is 0.745. The van der Waals surface area contributed by atoms with Crippen molar-refractivity contribution in [3.05, 3.63) is 76.9 Å². The van der Waals surface area contributed by atoms with E-state index >= 15 is 0 Å². The molecule has 0 spiro atoms. The minimum absolute atomic E-state index is 0.148. The topological polar surface area (TPSA) is 12.5 Å². The Kier molecular flexibility index (Phi) is 4.82. The average molecular weight is 373 g/mol. The number of aryl methyl sites for hydroxylation is 1. The van der Waals surface area contributed by atoms with Crippen LogP contribution in [0.25, 0.3) is 5.57 Å². The molecule has 142 valence electrons. The minimum Gasteiger partial charge on any atom is -0.378 e. The number of ether oxygens (including phenoxy) is 1. The summed E-state index contributed by atoms with van der Waals surface area (Å²) >= 11 is 0. The van der Waals surface area contributed by atoms with Crippen molar-refractivity contribution in [1.29, 1.82) is 0 Å². The Labute approximate surface area is 157 Å². The lowest BCUT2D eigenvalue weighted by Crippen LogP contribution is -2.53. The van der Waals surface area contributed by atoms with Gasteiger partial charge in [-0.3, -0.25) is 4.90 Å². The summed E-state index contributed by atoms with van der Waals surface area (Å²) in [6.07, 6.45) is -1.34. The van der Waals surface area contributed by atoms with Crippen LogP contribution in [0.1, 0.15) is 28.7 Å². The molecule has 5 heteroatoms. The lowest BCUT2D eigenvalue weighted by molar-refractivity contribution is -0.137. The van der Waals surface area contributed by atoms with Crippen molar-refractivity contribution in [3.8, 4) is 0 Å². The summed E-state index contributed by atoms with van der Waals surface area (Å²) in [4.78, 5) is 2.45. The molecule has 27 heavy (non-hydrogen) atoms. The Morgan fingerprint density at radius 2 is 1.85 bits per heavy atom. The summed E-state index contributed by atoms with van der Waals surface area (Å²) in [5, 5.41) is 0. The molecule has 2 aliphatic heterocycles. The van der Waals surface area contributed by atoms with Gasteiger partial charge in [0.15, 0.2) is 0 Å². The predicted molar refractivity (Wildman–Crippen MR) is 99.2 cm³/mol. The molecule has 2 aliphatic rings. The van der Waals surface area contributed by atoms with E-state index in [0.717, 1.165) is 24.1 Å². The van der Waals surface area contributed by atoms with Gasteiger partial charge in [-0.1, -0.05) is 42.5 Å². The standard InChI is InChI=1S/C22H22F3NO/c1-15-9-18(22(23,24)25)7-8-21(15)17-10-19-13-27-14-20(11-17)26(19)12-16-5-3-2-4-6-16/h2-10,19-20H,11-14H2,1H3. The molecule has 2 bridgehead atoms. The fraction of sp³-hybridized carbons (Fsp3) is 0.364. The van der Waals surface area contributed by atoms with Crippen LogP contribution in [0, 0.1) is 6.92 Å².